The van der Waals surface area contributed by atoms with Gasteiger partial charge in [0, 0.05) is 29.2 Å². The van der Waals surface area contributed by atoms with Crippen LogP contribution in [0.15, 0.2) is 59.5 Å². The summed E-state index contributed by atoms with van der Waals surface area (Å²) >= 11 is 1.36. The van der Waals surface area contributed by atoms with E-state index in [0.717, 1.165) is 23.5 Å². The lowest BCUT2D eigenvalue weighted by Crippen LogP contribution is -2.30. The maximum Gasteiger partial charge on any atom is 0.261 e. The fraction of sp³-hybridized carbons (Fsp3) is 0.217. The van der Waals surface area contributed by atoms with Gasteiger partial charge >= 0.3 is 0 Å². The molecule has 33 heavy (non-hydrogen) atoms. The van der Waals surface area contributed by atoms with Crippen LogP contribution < -0.4 is 15.8 Å². The second kappa shape index (κ2) is 9.34. The van der Waals surface area contributed by atoms with Gasteiger partial charge in [0.15, 0.2) is 0 Å². The smallest absolute Gasteiger partial charge is 0.261 e. The molecule has 2 heterocycles. The third kappa shape index (κ3) is 4.92. The van der Waals surface area contributed by atoms with Gasteiger partial charge in [-0.2, -0.15) is 0 Å². The summed E-state index contributed by atoms with van der Waals surface area (Å²) in [6, 6.07) is 14.2. The lowest BCUT2D eigenvalue weighted by Gasteiger charge is -2.25. The second-order valence-corrected chi connectivity index (χ2v) is 10.4. The Labute approximate surface area is 196 Å². The van der Waals surface area contributed by atoms with E-state index in [-0.39, 0.29) is 16.1 Å². The van der Waals surface area contributed by atoms with Crippen molar-refractivity contribution < 1.29 is 18.0 Å². The predicted octanol–water partition coefficient (Wildman–Crippen LogP) is 3.28. The number of hydrogen-bond donors (Lipinski definition) is 3. The van der Waals surface area contributed by atoms with Crippen LogP contribution >= 0.6 is 11.3 Å². The molecule has 1 aliphatic heterocycles. The highest BCUT2D eigenvalue weighted by molar-refractivity contribution is 7.92. The molecule has 2 amide bonds. The number of amides is 2. The van der Waals surface area contributed by atoms with Crippen LogP contribution in [-0.2, 0) is 23.0 Å². The van der Waals surface area contributed by atoms with E-state index < -0.39 is 21.8 Å². The zero-order chi connectivity index (χ0) is 23.6. The molecular formula is C23H24N4O4S2. The number of carbonyl (C=O) groups excluding carboxylic acids is 2. The second-order valence-electron chi connectivity index (χ2n) is 7.64. The van der Waals surface area contributed by atoms with Crippen LogP contribution in [0.2, 0.25) is 0 Å². The SMILES string of the molecule is CCN1CCc2c(sc(NC(=O)c3cccc(NS(=O)(=O)c4ccccc4)c3)c2C(N)=O)C1. The van der Waals surface area contributed by atoms with Crippen molar-refractivity contribution in [3.8, 4) is 0 Å². The van der Waals surface area contributed by atoms with Gasteiger partial charge in [0.1, 0.15) is 5.00 Å². The van der Waals surface area contributed by atoms with Crippen molar-refractivity contribution in [1.29, 1.82) is 0 Å². The van der Waals surface area contributed by atoms with E-state index in [0.29, 0.717) is 23.5 Å². The maximum atomic E-state index is 13.0. The van der Waals surface area contributed by atoms with E-state index in [1.807, 2.05) is 0 Å². The fourth-order valence-corrected chi connectivity index (χ4v) is 6.15. The average molecular weight is 485 g/mol. The van der Waals surface area contributed by atoms with Gasteiger partial charge in [0.25, 0.3) is 21.8 Å². The Morgan fingerprint density at radius 1 is 1.12 bits per heavy atom. The number of anilines is 2. The normalized spacial score (nSPS) is 13.8. The van der Waals surface area contributed by atoms with E-state index in [1.165, 1.54) is 29.5 Å². The first-order chi connectivity index (χ1) is 15.8. The number of thiophene rings is 1. The number of nitrogens with two attached hydrogens (primary N) is 1. The molecule has 4 rings (SSSR count). The minimum Gasteiger partial charge on any atom is -0.365 e. The standard InChI is InChI=1S/C23H24N4O4S2/c1-2-27-12-11-18-19(14-27)32-23(20(18)21(24)28)25-22(29)15-7-6-8-16(13-15)26-33(30,31)17-9-4-3-5-10-17/h3-10,13,26H,2,11-12,14H2,1H3,(H2,24,28)(H,25,29). The zero-order valence-electron chi connectivity index (χ0n) is 18.0. The van der Waals surface area contributed by atoms with Gasteiger partial charge < -0.3 is 11.1 Å². The Balaban J connectivity index is 1.57. The van der Waals surface area contributed by atoms with Crippen molar-refractivity contribution in [2.45, 2.75) is 24.8 Å². The average Bonchev–Trinajstić information content (AvgIpc) is 3.16. The first-order valence-corrected chi connectivity index (χ1v) is 12.7. The zero-order valence-corrected chi connectivity index (χ0v) is 19.6. The number of carbonyl (C=O) groups is 2. The Hall–Kier alpha value is -3.21. The van der Waals surface area contributed by atoms with Crippen molar-refractivity contribution in [3.05, 3.63) is 76.2 Å². The summed E-state index contributed by atoms with van der Waals surface area (Å²) in [5.41, 5.74) is 7.41. The van der Waals surface area contributed by atoms with Crippen LogP contribution in [0.1, 0.15) is 38.1 Å². The number of likely N-dealkylation sites (N-methyl/N-ethyl adjacent to an activating group) is 1. The fourth-order valence-electron chi connectivity index (χ4n) is 3.79. The van der Waals surface area contributed by atoms with Crippen LogP contribution in [0.5, 0.6) is 0 Å². The molecule has 1 aliphatic rings. The van der Waals surface area contributed by atoms with Crippen molar-refractivity contribution in [3.63, 3.8) is 0 Å². The van der Waals surface area contributed by atoms with E-state index in [2.05, 4.69) is 21.9 Å². The molecule has 0 bridgehead atoms. The highest BCUT2D eigenvalue weighted by Gasteiger charge is 2.27. The molecule has 8 nitrogen and oxygen atoms in total. The molecule has 10 heteroatoms. The molecule has 0 atom stereocenters. The molecule has 0 unspecified atom stereocenters. The van der Waals surface area contributed by atoms with Crippen LogP contribution in [0.3, 0.4) is 0 Å². The Kier molecular flexibility index (Phi) is 6.50. The molecule has 0 fully saturated rings. The molecule has 4 N–H and O–H groups in total. The van der Waals surface area contributed by atoms with E-state index >= 15 is 0 Å². The summed E-state index contributed by atoms with van der Waals surface area (Å²) in [6.45, 7) is 4.52. The molecule has 3 aromatic rings. The van der Waals surface area contributed by atoms with Crippen LogP contribution in [0, 0.1) is 0 Å². The number of rotatable bonds is 7. The molecule has 2 aromatic carbocycles. The number of benzene rings is 2. The van der Waals surface area contributed by atoms with Gasteiger partial charge in [0.05, 0.1) is 10.5 Å². The minimum absolute atomic E-state index is 0.122. The van der Waals surface area contributed by atoms with Crippen LogP contribution in [0.25, 0.3) is 0 Å². The first kappa shape index (κ1) is 23.0. The van der Waals surface area contributed by atoms with Gasteiger partial charge in [-0.25, -0.2) is 8.42 Å². The van der Waals surface area contributed by atoms with Gasteiger partial charge in [-0.1, -0.05) is 31.2 Å². The Morgan fingerprint density at radius 2 is 1.88 bits per heavy atom. The van der Waals surface area contributed by atoms with E-state index in [1.54, 1.807) is 36.4 Å². The van der Waals surface area contributed by atoms with Crippen LogP contribution in [-0.4, -0.2) is 38.2 Å². The third-order valence-electron chi connectivity index (χ3n) is 5.49. The summed E-state index contributed by atoms with van der Waals surface area (Å²) in [7, 11) is -3.79. The van der Waals surface area contributed by atoms with Gasteiger partial charge in [-0.05, 0) is 48.9 Å². The number of nitrogens with one attached hydrogen (secondary N) is 2. The summed E-state index contributed by atoms with van der Waals surface area (Å²) in [6.07, 6.45) is 0.699. The van der Waals surface area contributed by atoms with Crippen molar-refractivity contribution >= 4 is 43.9 Å². The highest BCUT2D eigenvalue weighted by Crippen LogP contribution is 2.37. The lowest BCUT2D eigenvalue weighted by atomic mass is 10.0. The summed E-state index contributed by atoms with van der Waals surface area (Å²) in [4.78, 5) is 28.5. The van der Waals surface area contributed by atoms with Crippen molar-refractivity contribution in [1.82, 2.24) is 4.90 Å². The van der Waals surface area contributed by atoms with Gasteiger partial charge in [-0.3, -0.25) is 19.2 Å². The number of nitrogens with zero attached hydrogens (tertiary/aromatic N) is 1. The Morgan fingerprint density at radius 3 is 2.58 bits per heavy atom. The number of sulfonamides is 1. The quantitative estimate of drug-likeness (QED) is 0.475. The number of primary amides is 1. The summed E-state index contributed by atoms with van der Waals surface area (Å²) in [5, 5.41) is 3.22. The highest BCUT2D eigenvalue weighted by atomic mass is 32.2. The predicted molar refractivity (Wildman–Crippen MR) is 129 cm³/mol. The monoisotopic (exact) mass is 484 g/mol. The first-order valence-electron chi connectivity index (χ1n) is 10.4. The molecule has 0 radical (unpaired) electrons. The van der Waals surface area contributed by atoms with Gasteiger partial charge in [-0.15, -0.1) is 11.3 Å². The molecule has 0 saturated carbocycles. The molecule has 1 aromatic heterocycles. The molecule has 0 aliphatic carbocycles. The molecule has 0 saturated heterocycles. The molecule has 0 spiro atoms. The number of hydrogen-bond acceptors (Lipinski definition) is 6. The van der Waals surface area contributed by atoms with Crippen molar-refractivity contribution in [2.75, 3.05) is 23.1 Å². The van der Waals surface area contributed by atoms with E-state index in [4.69, 9.17) is 5.73 Å². The van der Waals surface area contributed by atoms with Crippen LogP contribution in [0.4, 0.5) is 10.7 Å². The maximum absolute atomic E-state index is 13.0. The lowest BCUT2D eigenvalue weighted by molar-refractivity contribution is 0.1000. The van der Waals surface area contributed by atoms with E-state index in [9.17, 15) is 18.0 Å². The largest absolute Gasteiger partial charge is 0.365 e. The van der Waals surface area contributed by atoms with Crippen molar-refractivity contribution in [2.24, 2.45) is 5.73 Å². The summed E-state index contributed by atoms with van der Waals surface area (Å²) < 4.78 is 27.7. The minimum atomic E-state index is -3.79. The number of fused-ring (bicyclic) bond motifs is 1. The third-order valence-corrected chi connectivity index (χ3v) is 8.02. The molecule has 172 valence electrons. The Bertz CT molecular complexity index is 1300. The van der Waals surface area contributed by atoms with Gasteiger partial charge in [0.2, 0.25) is 0 Å². The molecular weight excluding hydrogens is 460 g/mol. The summed E-state index contributed by atoms with van der Waals surface area (Å²) in [5.74, 6) is -1.03. The topological polar surface area (TPSA) is 122 Å².